The number of aromatic amines is 1. The van der Waals surface area contributed by atoms with Gasteiger partial charge in [-0.25, -0.2) is 22.6 Å². The summed E-state index contributed by atoms with van der Waals surface area (Å²) in [4.78, 5) is 13.7. The normalized spacial score (nSPS) is 11.8. The lowest BCUT2D eigenvalue weighted by Crippen LogP contribution is -2.29. The molecule has 0 saturated heterocycles. The molecule has 0 atom stereocenters. The van der Waals surface area contributed by atoms with E-state index >= 15 is 0 Å². The van der Waals surface area contributed by atoms with Crippen LogP contribution in [-0.4, -0.2) is 46.5 Å². The van der Waals surface area contributed by atoms with Crippen LogP contribution in [0.1, 0.15) is 17.0 Å². The van der Waals surface area contributed by atoms with Gasteiger partial charge in [0.25, 0.3) is 0 Å². The summed E-state index contributed by atoms with van der Waals surface area (Å²) >= 11 is 0. The maximum absolute atomic E-state index is 12.5. The predicted octanol–water partition coefficient (Wildman–Crippen LogP) is 1.41. The summed E-state index contributed by atoms with van der Waals surface area (Å²) in [5.74, 6) is 0.480. The Hall–Kier alpha value is -3.51. The van der Waals surface area contributed by atoms with Crippen LogP contribution in [0.4, 0.5) is 5.82 Å². The van der Waals surface area contributed by atoms with Crippen LogP contribution in [0.2, 0.25) is 0 Å². The first-order chi connectivity index (χ1) is 14.7. The first kappa shape index (κ1) is 20.8. The Morgan fingerprint density at radius 3 is 2.58 bits per heavy atom. The highest BCUT2D eigenvalue weighted by atomic mass is 32.2. The van der Waals surface area contributed by atoms with Crippen molar-refractivity contribution in [3.63, 3.8) is 0 Å². The fourth-order valence-corrected chi connectivity index (χ4v) is 4.09. The number of aromatic nitrogens is 5. The molecule has 1 aromatic carbocycles. The molecule has 12 heteroatoms. The van der Waals surface area contributed by atoms with E-state index in [-0.39, 0.29) is 11.4 Å². The van der Waals surface area contributed by atoms with Gasteiger partial charge >= 0.3 is 5.76 Å². The molecular weight excluding hydrogens is 422 g/mol. The summed E-state index contributed by atoms with van der Waals surface area (Å²) in [6.45, 7) is 6.34. The molecule has 4 aromatic rings. The van der Waals surface area contributed by atoms with Gasteiger partial charge in [0.1, 0.15) is 5.82 Å². The quantitative estimate of drug-likeness (QED) is 0.363. The molecule has 11 nitrogen and oxygen atoms in total. The number of nitrogens with one attached hydrogen (secondary N) is 3. The van der Waals surface area contributed by atoms with Crippen LogP contribution < -0.4 is 15.8 Å². The molecule has 162 valence electrons. The average molecular weight is 443 g/mol. The Morgan fingerprint density at radius 1 is 1.10 bits per heavy atom. The second-order valence-corrected chi connectivity index (χ2v) is 8.75. The Labute approximate surface area is 177 Å². The second kappa shape index (κ2) is 7.96. The molecular formula is C19H21N7O4S. The zero-order chi connectivity index (χ0) is 22.2. The molecule has 0 saturated carbocycles. The lowest BCUT2D eigenvalue weighted by molar-refractivity contribution is 0.555. The molecule has 0 radical (unpaired) electrons. The van der Waals surface area contributed by atoms with Crippen LogP contribution >= 0.6 is 0 Å². The van der Waals surface area contributed by atoms with Crippen molar-refractivity contribution < 1.29 is 12.8 Å². The average Bonchev–Trinajstić information content (AvgIpc) is 3.24. The number of rotatable bonds is 7. The molecule has 0 amide bonds. The minimum atomic E-state index is -3.75. The zero-order valence-corrected chi connectivity index (χ0v) is 17.9. The molecule has 0 bridgehead atoms. The number of sulfonamides is 1. The van der Waals surface area contributed by atoms with Crippen molar-refractivity contribution >= 4 is 26.9 Å². The number of hydrogen-bond acceptors (Lipinski definition) is 8. The van der Waals surface area contributed by atoms with Crippen molar-refractivity contribution in [1.82, 2.24) is 29.7 Å². The van der Waals surface area contributed by atoms with Crippen molar-refractivity contribution in [2.75, 3.05) is 18.4 Å². The molecule has 4 rings (SSSR count). The van der Waals surface area contributed by atoms with E-state index in [1.54, 1.807) is 16.8 Å². The van der Waals surface area contributed by atoms with Crippen LogP contribution in [0.15, 0.2) is 44.4 Å². The van der Waals surface area contributed by atoms with Gasteiger partial charge in [-0.2, -0.15) is 5.10 Å². The maximum atomic E-state index is 12.5. The van der Waals surface area contributed by atoms with E-state index < -0.39 is 15.8 Å². The number of oxazole rings is 1. The molecule has 31 heavy (non-hydrogen) atoms. The van der Waals surface area contributed by atoms with Crippen LogP contribution in [0.25, 0.3) is 16.9 Å². The van der Waals surface area contributed by atoms with Gasteiger partial charge in [-0.15, -0.1) is 10.2 Å². The van der Waals surface area contributed by atoms with Gasteiger partial charge < -0.3 is 9.73 Å². The summed E-state index contributed by atoms with van der Waals surface area (Å²) in [5, 5.41) is 15.8. The zero-order valence-electron chi connectivity index (χ0n) is 17.1. The highest BCUT2D eigenvalue weighted by Crippen LogP contribution is 2.17. The molecule has 0 unspecified atom stereocenters. The number of nitrogens with zero attached hydrogens (tertiary/aromatic N) is 4. The smallest absolute Gasteiger partial charge is 0.408 e. The summed E-state index contributed by atoms with van der Waals surface area (Å²) in [6, 6.07) is 7.70. The number of anilines is 1. The number of fused-ring (bicyclic) bond motifs is 1. The van der Waals surface area contributed by atoms with Gasteiger partial charge in [0.15, 0.2) is 11.4 Å². The molecule has 0 spiro atoms. The Balaban J connectivity index is 1.35. The third-order valence-corrected chi connectivity index (χ3v) is 6.40. The largest absolute Gasteiger partial charge is 0.417 e. The summed E-state index contributed by atoms with van der Waals surface area (Å²) < 4.78 is 34.0. The summed E-state index contributed by atoms with van der Waals surface area (Å²) in [7, 11) is -3.75. The van der Waals surface area contributed by atoms with Gasteiger partial charge in [-0.1, -0.05) is 0 Å². The Morgan fingerprint density at radius 2 is 1.90 bits per heavy atom. The minimum absolute atomic E-state index is 0.0290. The Kier molecular flexibility index (Phi) is 5.33. The van der Waals surface area contributed by atoms with E-state index in [1.165, 1.54) is 18.2 Å². The summed E-state index contributed by atoms with van der Waals surface area (Å²) in [6.07, 6.45) is 0. The van der Waals surface area contributed by atoms with Crippen LogP contribution in [0.3, 0.4) is 0 Å². The molecule has 3 N–H and O–H groups in total. The topological polar surface area (TPSA) is 148 Å². The second-order valence-electron chi connectivity index (χ2n) is 6.98. The van der Waals surface area contributed by atoms with E-state index in [0.717, 1.165) is 17.0 Å². The van der Waals surface area contributed by atoms with Gasteiger partial charge in [0, 0.05) is 18.8 Å². The fraction of sp³-hybridized carbons (Fsp3) is 0.263. The molecule has 0 aliphatic rings. The lowest BCUT2D eigenvalue weighted by atomic mass is 10.2. The van der Waals surface area contributed by atoms with E-state index in [4.69, 9.17) is 4.42 Å². The first-order valence-electron chi connectivity index (χ1n) is 9.48. The summed E-state index contributed by atoms with van der Waals surface area (Å²) in [5.41, 5.74) is 3.66. The van der Waals surface area contributed by atoms with Gasteiger partial charge in [0.05, 0.1) is 16.1 Å². The third-order valence-electron chi connectivity index (χ3n) is 4.94. The third kappa shape index (κ3) is 4.20. The SMILES string of the molecule is Cc1nn(-c2ccc(NCCNS(=O)(=O)c3ccc4oc(=O)[nH]c4c3)nn2)c(C)c1C. The van der Waals surface area contributed by atoms with Crippen LogP contribution in [0, 0.1) is 20.8 Å². The monoisotopic (exact) mass is 443 g/mol. The standard InChI is InChI=1S/C19H21N7O4S/c1-11-12(2)25-26(13(11)3)18-7-6-17(23-24-18)20-8-9-21-31(28,29)14-4-5-16-15(10-14)22-19(27)30-16/h4-7,10,21H,8-9H2,1-3H3,(H,20,23)(H,22,27). The first-order valence-corrected chi connectivity index (χ1v) is 11.0. The van der Waals surface area contributed by atoms with Crippen LogP contribution in [0.5, 0.6) is 0 Å². The van der Waals surface area contributed by atoms with Crippen LogP contribution in [-0.2, 0) is 10.0 Å². The number of H-pyrrole nitrogens is 1. The molecule has 0 aliphatic carbocycles. The van der Waals surface area contributed by atoms with Crippen molar-refractivity contribution in [1.29, 1.82) is 0 Å². The minimum Gasteiger partial charge on any atom is -0.408 e. The van der Waals surface area contributed by atoms with Gasteiger partial charge in [-0.3, -0.25) is 4.98 Å². The van der Waals surface area contributed by atoms with Crippen molar-refractivity contribution in [2.24, 2.45) is 0 Å². The van der Waals surface area contributed by atoms with E-state index in [0.29, 0.717) is 29.3 Å². The molecule has 3 heterocycles. The van der Waals surface area contributed by atoms with Crippen molar-refractivity contribution in [3.05, 3.63) is 57.8 Å². The molecule has 3 aromatic heterocycles. The molecule has 0 aliphatic heterocycles. The van der Waals surface area contributed by atoms with Gasteiger partial charge in [-0.05, 0) is 56.7 Å². The maximum Gasteiger partial charge on any atom is 0.417 e. The fourth-order valence-electron chi connectivity index (χ4n) is 3.03. The number of hydrogen-bond donors (Lipinski definition) is 3. The lowest BCUT2D eigenvalue weighted by Gasteiger charge is -2.09. The van der Waals surface area contributed by atoms with E-state index in [2.05, 4.69) is 30.3 Å². The predicted molar refractivity (Wildman–Crippen MR) is 114 cm³/mol. The van der Waals surface area contributed by atoms with E-state index in [9.17, 15) is 13.2 Å². The van der Waals surface area contributed by atoms with E-state index in [1.807, 2.05) is 20.8 Å². The highest BCUT2D eigenvalue weighted by Gasteiger charge is 2.15. The number of aryl methyl sites for hydroxylation is 1. The number of benzene rings is 1. The molecule has 0 fully saturated rings. The van der Waals surface area contributed by atoms with Crippen molar-refractivity contribution in [3.8, 4) is 5.82 Å². The van der Waals surface area contributed by atoms with Crippen molar-refractivity contribution in [2.45, 2.75) is 25.7 Å². The van der Waals surface area contributed by atoms with Gasteiger partial charge in [0.2, 0.25) is 10.0 Å². The Bertz CT molecular complexity index is 1400. The highest BCUT2D eigenvalue weighted by molar-refractivity contribution is 7.89.